The van der Waals surface area contributed by atoms with Crippen LogP contribution in [0.1, 0.15) is 30.3 Å². The van der Waals surface area contributed by atoms with E-state index < -0.39 is 0 Å². The fourth-order valence-corrected chi connectivity index (χ4v) is 3.15. The summed E-state index contributed by atoms with van der Waals surface area (Å²) in [5.41, 5.74) is 1.26. The number of methoxy groups -OCH3 is 1. The first-order chi connectivity index (χ1) is 10.9. The predicted molar refractivity (Wildman–Crippen MR) is 86.8 cm³/mol. The number of rotatable bonds is 7. The monoisotopic (exact) mass is 300 g/mol. The van der Waals surface area contributed by atoms with Crippen LogP contribution >= 0.6 is 0 Å². The van der Waals surface area contributed by atoms with Gasteiger partial charge in [0.15, 0.2) is 0 Å². The number of H-pyrrole nitrogens is 1. The Morgan fingerprint density at radius 3 is 2.86 bits per heavy atom. The number of para-hydroxylation sites is 1. The lowest BCUT2D eigenvalue weighted by Crippen LogP contribution is -2.34. The minimum absolute atomic E-state index is 0.341. The highest BCUT2D eigenvalue weighted by Crippen LogP contribution is 2.31. The van der Waals surface area contributed by atoms with E-state index in [0.717, 1.165) is 37.8 Å². The number of imidazole rings is 1. The predicted octanol–water partition coefficient (Wildman–Crippen LogP) is 2.34. The number of hydrogen-bond donors (Lipinski definition) is 2. The average molecular weight is 300 g/mol. The van der Waals surface area contributed by atoms with Crippen molar-refractivity contribution in [3.63, 3.8) is 0 Å². The number of nitrogens with one attached hydrogen (secondary N) is 2. The molecule has 2 aromatic rings. The van der Waals surface area contributed by atoms with Gasteiger partial charge < -0.3 is 15.0 Å². The highest BCUT2D eigenvalue weighted by atomic mass is 16.5. The second kappa shape index (κ2) is 7.42. The molecule has 1 fully saturated rings. The number of hydrogen-bond acceptors (Lipinski definition) is 4. The molecule has 3 rings (SSSR count). The maximum Gasteiger partial charge on any atom is 0.123 e. The number of likely N-dealkylation sites (tertiary alicyclic amines) is 1. The minimum Gasteiger partial charge on any atom is -0.496 e. The second-order valence-electron chi connectivity index (χ2n) is 5.67. The first-order valence-electron chi connectivity index (χ1n) is 7.94. The van der Waals surface area contributed by atoms with E-state index in [4.69, 9.17) is 4.74 Å². The van der Waals surface area contributed by atoms with Crippen LogP contribution in [-0.2, 0) is 6.54 Å². The van der Waals surface area contributed by atoms with Crippen molar-refractivity contribution in [2.45, 2.75) is 25.4 Å². The molecule has 0 amide bonds. The highest BCUT2D eigenvalue weighted by Gasteiger charge is 2.25. The quantitative estimate of drug-likeness (QED) is 0.824. The molecule has 22 heavy (non-hydrogen) atoms. The summed E-state index contributed by atoms with van der Waals surface area (Å²) < 4.78 is 5.57. The molecule has 1 atom stereocenters. The van der Waals surface area contributed by atoms with Crippen molar-refractivity contribution in [3.05, 3.63) is 48.0 Å². The third kappa shape index (κ3) is 3.48. The summed E-state index contributed by atoms with van der Waals surface area (Å²) in [5.74, 6) is 1.94. The molecular formula is C17H24N4O. The van der Waals surface area contributed by atoms with E-state index in [-0.39, 0.29) is 0 Å². The van der Waals surface area contributed by atoms with Gasteiger partial charge in [0, 0.05) is 24.5 Å². The van der Waals surface area contributed by atoms with Crippen molar-refractivity contribution < 1.29 is 4.74 Å². The molecule has 2 heterocycles. The molecule has 1 aromatic heterocycles. The van der Waals surface area contributed by atoms with Gasteiger partial charge in [-0.15, -0.1) is 0 Å². The summed E-state index contributed by atoms with van der Waals surface area (Å²) in [4.78, 5) is 9.94. The summed E-state index contributed by atoms with van der Waals surface area (Å²) in [7, 11) is 1.75. The van der Waals surface area contributed by atoms with Crippen LogP contribution in [0.2, 0.25) is 0 Å². The zero-order chi connectivity index (χ0) is 15.2. The summed E-state index contributed by atoms with van der Waals surface area (Å²) in [6, 6.07) is 8.68. The molecule has 1 saturated heterocycles. The van der Waals surface area contributed by atoms with E-state index in [2.05, 4.69) is 32.3 Å². The molecule has 0 bridgehead atoms. The Labute approximate surface area is 131 Å². The van der Waals surface area contributed by atoms with Crippen LogP contribution in [0.3, 0.4) is 0 Å². The van der Waals surface area contributed by atoms with E-state index in [1.165, 1.54) is 18.4 Å². The maximum absolute atomic E-state index is 5.57. The molecule has 1 aliphatic heterocycles. The molecule has 118 valence electrons. The molecule has 0 radical (unpaired) electrons. The fraction of sp³-hybridized carbons (Fsp3) is 0.471. The molecule has 2 N–H and O–H groups in total. The lowest BCUT2D eigenvalue weighted by atomic mass is 10.0. The van der Waals surface area contributed by atoms with Crippen LogP contribution < -0.4 is 10.1 Å². The second-order valence-corrected chi connectivity index (χ2v) is 5.67. The van der Waals surface area contributed by atoms with Gasteiger partial charge in [0.1, 0.15) is 11.6 Å². The third-order valence-electron chi connectivity index (χ3n) is 4.26. The van der Waals surface area contributed by atoms with Gasteiger partial charge in [-0.05, 0) is 32.0 Å². The van der Waals surface area contributed by atoms with Crippen molar-refractivity contribution in [1.29, 1.82) is 0 Å². The fourth-order valence-electron chi connectivity index (χ4n) is 3.15. The first-order valence-corrected chi connectivity index (χ1v) is 7.94. The van der Waals surface area contributed by atoms with Gasteiger partial charge >= 0.3 is 0 Å². The van der Waals surface area contributed by atoms with Crippen LogP contribution in [0.15, 0.2) is 36.7 Å². The molecule has 5 heteroatoms. The summed E-state index contributed by atoms with van der Waals surface area (Å²) in [5, 5.41) is 3.52. The van der Waals surface area contributed by atoms with Crippen LogP contribution in [0, 0.1) is 0 Å². The minimum atomic E-state index is 0.341. The lowest BCUT2D eigenvalue weighted by Gasteiger charge is -2.29. The Kier molecular flexibility index (Phi) is 5.08. The van der Waals surface area contributed by atoms with Crippen molar-refractivity contribution in [1.82, 2.24) is 20.2 Å². The van der Waals surface area contributed by atoms with Gasteiger partial charge in [0.2, 0.25) is 0 Å². The number of aromatic amines is 1. The normalized spacial score (nSPS) is 16.8. The van der Waals surface area contributed by atoms with Crippen molar-refractivity contribution in [2.75, 3.05) is 26.7 Å². The van der Waals surface area contributed by atoms with Gasteiger partial charge in [0.25, 0.3) is 0 Å². The van der Waals surface area contributed by atoms with Crippen LogP contribution in [-0.4, -0.2) is 41.6 Å². The molecule has 0 spiro atoms. The van der Waals surface area contributed by atoms with E-state index >= 15 is 0 Å². The van der Waals surface area contributed by atoms with Gasteiger partial charge in [-0.1, -0.05) is 18.2 Å². The van der Waals surface area contributed by atoms with Crippen molar-refractivity contribution in [2.24, 2.45) is 0 Å². The summed E-state index contributed by atoms with van der Waals surface area (Å²) >= 11 is 0. The number of benzene rings is 1. The zero-order valence-corrected chi connectivity index (χ0v) is 13.1. The highest BCUT2D eigenvalue weighted by molar-refractivity contribution is 5.36. The van der Waals surface area contributed by atoms with E-state index in [0.29, 0.717) is 6.04 Å². The largest absolute Gasteiger partial charge is 0.496 e. The topological polar surface area (TPSA) is 53.2 Å². The first kappa shape index (κ1) is 15.1. The molecule has 1 aromatic carbocycles. The maximum atomic E-state index is 5.57. The Hall–Kier alpha value is -1.85. The lowest BCUT2D eigenvalue weighted by molar-refractivity contribution is 0.232. The average Bonchev–Trinajstić information content (AvgIpc) is 3.25. The summed E-state index contributed by atoms with van der Waals surface area (Å²) in [6.45, 7) is 3.96. The molecule has 0 aliphatic carbocycles. The van der Waals surface area contributed by atoms with Crippen LogP contribution in [0.4, 0.5) is 0 Å². The number of aromatic nitrogens is 2. The number of nitrogens with zero attached hydrogens (tertiary/aromatic N) is 2. The van der Waals surface area contributed by atoms with Gasteiger partial charge in [0.05, 0.1) is 19.7 Å². The molecular weight excluding hydrogens is 276 g/mol. The Bertz CT molecular complexity index is 564. The Morgan fingerprint density at radius 1 is 1.32 bits per heavy atom. The van der Waals surface area contributed by atoms with Gasteiger partial charge in [-0.2, -0.15) is 0 Å². The molecule has 0 saturated carbocycles. The molecule has 1 aliphatic rings. The van der Waals surface area contributed by atoms with E-state index in [1.54, 1.807) is 13.3 Å². The van der Waals surface area contributed by atoms with Gasteiger partial charge in [-0.25, -0.2) is 4.98 Å². The van der Waals surface area contributed by atoms with E-state index in [9.17, 15) is 0 Å². The Morgan fingerprint density at radius 2 is 2.14 bits per heavy atom. The zero-order valence-electron chi connectivity index (χ0n) is 13.1. The van der Waals surface area contributed by atoms with Crippen LogP contribution in [0.5, 0.6) is 5.75 Å². The SMILES string of the molecule is COc1ccccc1C(CNCc1ncc[nH]1)N1CCCC1. The van der Waals surface area contributed by atoms with Gasteiger partial charge in [-0.3, -0.25) is 4.90 Å². The van der Waals surface area contributed by atoms with E-state index in [1.807, 2.05) is 18.3 Å². The summed E-state index contributed by atoms with van der Waals surface area (Å²) in [6.07, 6.45) is 6.21. The van der Waals surface area contributed by atoms with Crippen molar-refractivity contribution in [3.8, 4) is 5.75 Å². The third-order valence-corrected chi connectivity index (χ3v) is 4.26. The Balaban J connectivity index is 1.71. The van der Waals surface area contributed by atoms with Crippen LogP contribution in [0.25, 0.3) is 0 Å². The standard InChI is InChI=1S/C17H24N4O/c1-22-16-7-3-2-6-14(16)15(21-10-4-5-11-21)12-18-13-17-19-8-9-20-17/h2-3,6-9,15,18H,4-5,10-13H2,1H3,(H,19,20). The molecule has 1 unspecified atom stereocenters. The number of ether oxygens (including phenoxy) is 1. The smallest absolute Gasteiger partial charge is 0.123 e. The molecule has 5 nitrogen and oxygen atoms in total. The van der Waals surface area contributed by atoms with Crippen molar-refractivity contribution >= 4 is 0 Å².